The number of rotatable bonds is 6. The molecule has 2 heterocycles. The number of aromatic nitrogens is 2. The van der Waals surface area contributed by atoms with E-state index in [-0.39, 0.29) is 0 Å². The summed E-state index contributed by atoms with van der Waals surface area (Å²) in [4.78, 5) is 9.48. The smallest absolute Gasteiger partial charge is 0.194 e. The summed E-state index contributed by atoms with van der Waals surface area (Å²) in [6.45, 7) is 8.46. The highest BCUT2D eigenvalue weighted by Gasteiger charge is 2.20. The molecule has 2 aromatic rings. The molecule has 3 rings (SSSR count). The summed E-state index contributed by atoms with van der Waals surface area (Å²) in [5, 5.41) is 8.47. The van der Waals surface area contributed by atoms with Crippen molar-refractivity contribution in [3.8, 4) is 0 Å². The molecule has 0 spiro atoms. The molecule has 0 radical (unpaired) electrons. The minimum atomic E-state index is 0.799. The van der Waals surface area contributed by atoms with E-state index in [0.29, 0.717) is 0 Å². The van der Waals surface area contributed by atoms with Crippen LogP contribution in [0.4, 0.5) is 5.69 Å². The first kappa shape index (κ1) is 18.6. The van der Waals surface area contributed by atoms with Crippen LogP contribution in [0.25, 0.3) is 0 Å². The Labute approximate surface area is 160 Å². The molecule has 7 heteroatoms. The van der Waals surface area contributed by atoms with Crippen LogP contribution in [-0.2, 0) is 6.54 Å². The van der Waals surface area contributed by atoms with Crippen molar-refractivity contribution in [1.29, 1.82) is 0 Å². The first-order chi connectivity index (χ1) is 12.8. The van der Waals surface area contributed by atoms with E-state index in [1.807, 2.05) is 41.3 Å². The predicted molar refractivity (Wildman–Crippen MR) is 108 cm³/mol. The summed E-state index contributed by atoms with van der Waals surface area (Å²) in [5.41, 5.74) is 1.12. The van der Waals surface area contributed by atoms with Gasteiger partial charge in [0.15, 0.2) is 5.96 Å². The second kappa shape index (κ2) is 9.48. The number of guanidine groups is 1. The van der Waals surface area contributed by atoms with E-state index >= 15 is 0 Å². The number of nitrogens with one attached hydrogen (secondary N) is 1. The van der Waals surface area contributed by atoms with Gasteiger partial charge in [0.05, 0.1) is 10.7 Å². The van der Waals surface area contributed by atoms with Crippen molar-refractivity contribution in [2.24, 2.45) is 4.99 Å². The Balaban J connectivity index is 1.52. The monoisotopic (exact) mass is 374 g/mol. The quantitative estimate of drug-likeness (QED) is 0.480. The largest absolute Gasteiger partial charge is 0.367 e. The molecule has 1 aromatic heterocycles. The fourth-order valence-electron chi connectivity index (χ4n) is 3.14. The Morgan fingerprint density at radius 2 is 2.00 bits per heavy atom. The second-order valence-corrected chi connectivity index (χ2v) is 6.69. The molecule has 1 fully saturated rings. The van der Waals surface area contributed by atoms with Crippen LogP contribution in [0.2, 0.25) is 5.02 Å². The third-order valence-electron chi connectivity index (χ3n) is 4.47. The SMILES string of the molecule is CCNC(=NCCCn1cccn1)N1CCN(c2ccccc2Cl)CC1. The van der Waals surface area contributed by atoms with Gasteiger partial charge in [-0.25, -0.2) is 0 Å². The van der Waals surface area contributed by atoms with Crippen LogP contribution in [0.3, 0.4) is 0 Å². The van der Waals surface area contributed by atoms with Crippen molar-refractivity contribution in [2.45, 2.75) is 19.9 Å². The molecule has 0 bridgehead atoms. The minimum absolute atomic E-state index is 0.799. The van der Waals surface area contributed by atoms with Crippen LogP contribution in [0, 0.1) is 0 Å². The average molecular weight is 375 g/mol. The molecule has 1 aliphatic rings. The van der Waals surface area contributed by atoms with E-state index in [0.717, 1.165) is 68.9 Å². The molecule has 1 N–H and O–H groups in total. The molecule has 0 unspecified atom stereocenters. The Hall–Kier alpha value is -2.21. The number of hydrogen-bond donors (Lipinski definition) is 1. The second-order valence-electron chi connectivity index (χ2n) is 6.28. The van der Waals surface area contributed by atoms with Crippen molar-refractivity contribution in [2.75, 3.05) is 44.2 Å². The van der Waals surface area contributed by atoms with Gasteiger partial charge in [0.25, 0.3) is 0 Å². The zero-order chi connectivity index (χ0) is 18.2. The summed E-state index contributed by atoms with van der Waals surface area (Å²) >= 11 is 6.33. The molecule has 0 aliphatic carbocycles. The number of benzene rings is 1. The van der Waals surface area contributed by atoms with Crippen molar-refractivity contribution in [1.82, 2.24) is 20.0 Å². The highest BCUT2D eigenvalue weighted by atomic mass is 35.5. The standard InChI is InChI=1S/C19H27ClN6/c1-2-21-19(22-9-5-11-26-12-6-10-23-26)25-15-13-24(14-16-25)18-8-4-3-7-17(18)20/h3-4,6-8,10,12H,2,5,9,11,13-16H2,1H3,(H,21,22). The highest BCUT2D eigenvalue weighted by Crippen LogP contribution is 2.25. The summed E-state index contributed by atoms with van der Waals surface area (Å²) in [6.07, 6.45) is 4.78. The zero-order valence-corrected chi connectivity index (χ0v) is 16.1. The van der Waals surface area contributed by atoms with Crippen LogP contribution in [-0.4, -0.2) is 59.9 Å². The maximum Gasteiger partial charge on any atom is 0.194 e. The molecule has 0 saturated carbocycles. The highest BCUT2D eigenvalue weighted by molar-refractivity contribution is 6.33. The van der Waals surface area contributed by atoms with Crippen molar-refractivity contribution >= 4 is 23.2 Å². The van der Waals surface area contributed by atoms with E-state index in [4.69, 9.17) is 16.6 Å². The summed E-state index contributed by atoms with van der Waals surface area (Å²) < 4.78 is 1.95. The number of hydrogen-bond acceptors (Lipinski definition) is 3. The van der Waals surface area contributed by atoms with E-state index in [9.17, 15) is 0 Å². The Kier molecular flexibility index (Phi) is 6.77. The van der Waals surface area contributed by atoms with Crippen LogP contribution >= 0.6 is 11.6 Å². The number of para-hydroxylation sites is 1. The van der Waals surface area contributed by atoms with Gasteiger partial charge in [0, 0.05) is 58.2 Å². The molecule has 0 atom stereocenters. The summed E-state index contributed by atoms with van der Waals surface area (Å²) in [5.74, 6) is 1.01. The molecular formula is C19H27ClN6. The number of aryl methyl sites for hydroxylation is 1. The number of nitrogens with zero attached hydrogens (tertiary/aromatic N) is 5. The van der Waals surface area contributed by atoms with E-state index < -0.39 is 0 Å². The fourth-order valence-corrected chi connectivity index (χ4v) is 3.40. The van der Waals surface area contributed by atoms with E-state index in [1.54, 1.807) is 0 Å². The molecule has 1 aromatic carbocycles. The predicted octanol–water partition coefficient (Wildman–Crippen LogP) is 2.71. The van der Waals surface area contributed by atoms with Crippen LogP contribution in [0.15, 0.2) is 47.7 Å². The third-order valence-corrected chi connectivity index (χ3v) is 4.79. The van der Waals surface area contributed by atoms with Gasteiger partial charge in [-0.3, -0.25) is 9.67 Å². The molecule has 140 valence electrons. The van der Waals surface area contributed by atoms with Gasteiger partial charge in [-0.05, 0) is 31.5 Å². The maximum atomic E-state index is 6.33. The lowest BCUT2D eigenvalue weighted by Gasteiger charge is -2.38. The normalized spacial score (nSPS) is 15.4. The summed E-state index contributed by atoms with van der Waals surface area (Å²) in [6, 6.07) is 10.0. The van der Waals surface area contributed by atoms with Gasteiger partial charge >= 0.3 is 0 Å². The molecule has 26 heavy (non-hydrogen) atoms. The fraction of sp³-hybridized carbons (Fsp3) is 0.474. The van der Waals surface area contributed by atoms with Gasteiger partial charge < -0.3 is 15.1 Å². The lowest BCUT2D eigenvalue weighted by molar-refractivity contribution is 0.372. The van der Waals surface area contributed by atoms with Crippen molar-refractivity contribution in [3.05, 3.63) is 47.7 Å². The Bertz CT molecular complexity index is 692. The number of aliphatic imine (C=N–C) groups is 1. The van der Waals surface area contributed by atoms with E-state index in [1.165, 1.54) is 0 Å². The maximum absolute atomic E-state index is 6.33. The van der Waals surface area contributed by atoms with Crippen molar-refractivity contribution in [3.63, 3.8) is 0 Å². The third kappa shape index (κ3) is 4.91. The van der Waals surface area contributed by atoms with Gasteiger partial charge in [-0.15, -0.1) is 0 Å². The van der Waals surface area contributed by atoms with Crippen LogP contribution in [0.5, 0.6) is 0 Å². The Morgan fingerprint density at radius 3 is 2.69 bits per heavy atom. The Morgan fingerprint density at radius 1 is 1.19 bits per heavy atom. The van der Waals surface area contributed by atoms with Crippen LogP contribution < -0.4 is 10.2 Å². The lowest BCUT2D eigenvalue weighted by atomic mass is 10.2. The van der Waals surface area contributed by atoms with Crippen LogP contribution in [0.1, 0.15) is 13.3 Å². The van der Waals surface area contributed by atoms with Gasteiger partial charge in [-0.2, -0.15) is 5.10 Å². The first-order valence-corrected chi connectivity index (χ1v) is 9.66. The van der Waals surface area contributed by atoms with E-state index in [2.05, 4.69) is 33.2 Å². The zero-order valence-electron chi connectivity index (χ0n) is 15.3. The molecule has 1 saturated heterocycles. The van der Waals surface area contributed by atoms with Crippen molar-refractivity contribution < 1.29 is 0 Å². The number of piperazine rings is 1. The lowest BCUT2D eigenvalue weighted by Crippen LogP contribution is -2.52. The molecular weight excluding hydrogens is 348 g/mol. The topological polar surface area (TPSA) is 48.7 Å². The summed E-state index contributed by atoms with van der Waals surface area (Å²) in [7, 11) is 0. The van der Waals surface area contributed by atoms with Gasteiger partial charge in [0.2, 0.25) is 0 Å². The first-order valence-electron chi connectivity index (χ1n) is 9.28. The number of anilines is 1. The molecule has 0 amide bonds. The average Bonchev–Trinajstić information content (AvgIpc) is 3.18. The minimum Gasteiger partial charge on any atom is -0.367 e. The number of halogens is 1. The molecule has 6 nitrogen and oxygen atoms in total. The van der Waals surface area contributed by atoms with Gasteiger partial charge in [0.1, 0.15) is 0 Å². The van der Waals surface area contributed by atoms with Gasteiger partial charge in [-0.1, -0.05) is 23.7 Å². The molecule has 1 aliphatic heterocycles.